The van der Waals surface area contributed by atoms with Gasteiger partial charge in [0.2, 0.25) is 0 Å². The van der Waals surface area contributed by atoms with Gasteiger partial charge in [-0.2, -0.15) is 0 Å². The van der Waals surface area contributed by atoms with Crippen LogP contribution in [-0.2, 0) is 0 Å². The minimum absolute atomic E-state index is 0.0617. The van der Waals surface area contributed by atoms with Crippen molar-refractivity contribution >= 4 is 37.8 Å². The summed E-state index contributed by atoms with van der Waals surface area (Å²) in [5, 5.41) is 12.1. The van der Waals surface area contributed by atoms with Gasteiger partial charge in [-0.1, -0.05) is 15.9 Å². The first kappa shape index (κ1) is 14.7. The average molecular weight is 365 g/mol. The number of amides is 1. The van der Waals surface area contributed by atoms with Gasteiger partial charge >= 0.3 is 0 Å². The largest absolute Gasteiger partial charge is 0.393 e. The quantitative estimate of drug-likeness (QED) is 0.862. The second-order valence-corrected chi connectivity index (χ2v) is 5.85. The number of carbonyl (C=O) groups is 1. The standard InChI is InChI=1S/C12H15Br2NO2/c1-7(5-8(2)16)15-12(17)10-6-9(13)3-4-11(10)14/h3-4,6-8,16H,5H2,1-2H3,(H,15,17). The van der Waals surface area contributed by atoms with E-state index in [9.17, 15) is 9.90 Å². The van der Waals surface area contributed by atoms with Crippen LogP contribution in [0.1, 0.15) is 30.6 Å². The maximum absolute atomic E-state index is 12.0. The zero-order valence-corrected chi connectivity index (χ0v) is 12.9. The van der Waals surface area contributed by atoms with E-state index >= 15 is 0 Å². The van der Waals surface area contributed by atoms with Crippen LogP contribution in [-0.4, -0.2) is 23.2 Å². The third-order valence-corrected chi connectivity index (χ3v) is 3.43. The van der Waals surface area contributed by atoms with Crippen molar-refractivity contribution < 1.29 is 9.90 Å². The summed E-state index contributed by atoms with van der Waals surface area (Å²) in [5.74, 6) is -0.147. The molecule has 0 saturated heterocycles. The number of halogens is 2. The number of benzene rings is 1. The lowest BCUT2D eigenvalue weighted by Crippen LogP contribution is -2.34. The predicted molar refractivity (Wildman–Crippen MR) is 75.1 cm³/mol. The minimum Gasteiger partial charge on any atom is -0.393 e. The highest BCUT2D eigenvalue weighted by atomic mass is 79.9. The van der Waals surface area contributed by atoms with Gasteiger partial charge in [0.15, 0.2) is 0 Å². The monoisotopic (exact) mass is 363 g/mol. The highest BCUT2D eigenvalue weighted by Crippen LogP contribution is 2.21. The zero-order valence-electron chi connectivity index (χ0n) is 9.71. The van der Waals surface area contributed by atoms with Gasteiger partial charge in [0.05, 0.1) is 11.7 Å². The first-order valence-electron chi connectivity index (χ1n) is 5.34. The van der Waals surface area contributed by atoms with Crippen LogP contribution in [0.4, 0.5) is 0 Å². The molecule has 3 nitrogen and oxygen atoms in total. The molecule has 1 rings (SSSR count). The number of carbonyl (C=O) groups excluding carboxylic acids is 1. The Labute approximate surface area is 118 Å². The highest BCUT2D eigenvalue weighted by Gasteiger charge is 2.14. The molecule has 0 aliphatic heterocycles. The van der Waals surface area contributed by atoms with Crippen LogP contribution in [0.15, 0.2) is 27.1 Å². The number of nitrogens with one attached hydrogen (secondary N) is 1. The summed E-state index contributed by atoms with van der Waals surface area (Å²) >= 11 is 6.67. The van der Waals surface area contributed by atoms with E-state index in [1.54, 1.807) is 13.0 Å². The fraction of sp³-hybridized carbons (Fsp3) is 0.417. The third kappa shape index (κ3) is 4.77. The maximum atomic E-state index is 12.0. The molecule has 0 saturated carbocycles. The normalized spacial score (nSPS) is 14.2. The Morgan fingerprint density at radius 3 is 2.65 bits per heavy atom. The molecule has 0 spiro atoms. The molecule has 1 aromatic rings. The number of hydrogen-bond acceptors (Lipinski definition) is 2. The van der Waals surface area contributed by atoms with Crippen molar-refractivity contribution in [2.75, 3.05) is 0 Å². The summed E-state index contributed by atoms with van der Waals surface area (Å²) in [5.41, 5.74) is 0.580. The van der Waals surface area contributed by atoms with E-state index in [2.05, 4.69) is 37.2 Å². The third-order valence-electron chi connectivity index (χ3n) is 2.25. The Balaban J connectivity index is 2.73. The Hall–Kier alpha value is -0.390. The predicted octanol–water partition coefficient (Wildman–Crippen LogP) is 3.10. The van der Waals surface area contributed by atoms with Crippen molar-refractivity contribution in [3.8, 4) is 0 Å². The van der Waals surface area contributed by atoms with E-state index in [1.807, 2.05) is 19.1 Å². The lowest BCUT2D eigenvalue weighted by atomic mass is 10.1. The summed E-state index contributed by atoms with van der Waals surface area (Å²) < 4.78 is 1.61. The van der Waals surface area contributed by atoms with Crippen LogP contribution in [0.25, 0.3) is 0 Å². The van der Waals surface area contributed by atoms with E-state index in [0.717, 1.165) is 8.95 Å². The first-order chi connectivity index (χ1) is 7.90. The van der Waals surface area contributed by atoms with Crippen molar-refractivity contribution in [1.82, 2.24) is 5.32 Å². The van der Waals surface area contributed by atoms with E-state index in [0.29, 0.717) is 12.0 Å². The molecule has 1 amide bonds. The average Bonchev–Trinajstić information content (AvgIpc) is 2.20. The van der Waals surface area contributed by atoms with Crippen LogP contribution in [0.2, 0.25) is 0 Å². The molecule has 2 unspecified atom stereocenters. The topological polar surface area (TPSA) is 49.3 Å². The smallest absolute Gasteiger partial charge is 0.252 e. The number of aliphatic hydroxyl groups is 1. The van der Waals surface area contributed by atoms with Gasteiger partial charge in [-0.25, -0.2) is 0 Å². The second kappa shape index (κ2) is 6.52. The van der Waals surface area contributed by atoms with Crippen LogP contribution in [0, 0.1) is 0 Å². The van der Waals surface area contributed by atoms with Gasteiger partial charge < -0.3 is 10.4 Å². The molecule has 2 atom stereocenters. The lowest BCUT2D eigenvalue weighted by Gasteiger charge is -2.16. The van der Waals surface area contributed by atoms with Gasteiger partial charge in [0, 0.05) is 15.0 Å². The van der Waals surface area contributed by atoms with Crippen LogP contribution in [0.5, 0.6) is 0 Å². The number of rotatable bonds is 4. The van der Waals surface area contributed by atoms with Crippen LogP contribution >= 0.6 is 31.9 Å². The van der Waals surface area contributed by atoms with Crippen molar-refractivity contribution in [2.45, 2.75) is 32.4 Å². The lowest BCUT2D eigenvalue weighted by molar-refractivity contribution is 0.0922. The Kier molecular flexibility index (Phi) is 5.62. The summed E-state index contributed by atoms with van der Waals surface area (Å²) in [7, 11) is 0. The Morgan fingerprint density at radius 2 is 2.06 bits per heavy atom. The molecule has 0 fully saturated rings. The molecular formula is C12H15Br2NO2. The van der Waals surface area contributed by atoms with Gasteiger partial charge in [0.1, 0.15) is 0 Å². The number of hydrogen-bond donors (Lipinski definition) is 2. The van der Waals surface area contributed by atoms with E-state index in [1.165, 1.54) is 0 Å². The van der Waals surface area contributed by atoms with E-state index in [4.69, 9.17) is 0 Å². The van der Waals surface area contributed by atoms with Crippen molar-refractivity contribution in [3.63, 3.8) is 0 Å². The van der Waals surface area contributed by atoms with Gasteiger partial charge in [0.25, 0.3) is 5.91 Å². The van der Waals surface area contributed by atoms with Crippen molar-refractivity contribution in [3.05, 3.63) is 32.7 Å². The van der Waals surface area contributed by atoms with Crippen molar-refractivity contribution in [2.24, 2.45) is 0 Å². The van der Waals surface area contributed by atoms with Gasteiger partial charge in [-0.3, -0.25) is 4.79 Å². The van der Waals surface area contributed by atoms with E-state index < -0.39 is 6.10 Å². The molecule has 5 heteroatoms. The highest BCUT2D eigenvalue weighted by molar-refractivity contribution is 9.11. The molecule has 17 heavy (non-hydrogen) atoms. The minimum atomic E-state index is -0.420. The molecular weight excluding hydrogens is 350 g/mol. The molecule has 0 aliphatic carbocycles. The molecule has 0 radical (unpaired) electrons. The summed E-state index contributed by atoms with van der Waals surface area (Å²) in [6.07, 6.45) is 0.119. The first-order valence-corrected chi connectivity index (χ1v) is 6.92. The Morgan fingerprint density at radius 1 is 1.41 bits per heavy atom. The van der Waals surface area contributed by atoms with Crippen LogP contribution in [0.3, 0.4) is 0 Å². The SMILES string of the molecule is CC(O)CC(C)NC(=O)c1cc(Br)ccc1Br. The molecule has 2 N–H and O–H groups in total. The molecule has 94 valence electrons. The summed E-state index contributed by atoms with van der Waals surface area (Å²) in [6.45, 7) is 3.58. The summed E-state index contributed by atoms with van der Waals surface area (Å²) in [6, 6.07) is 5.38. The fourth-order valence-corrected chi connectivity index (χ4v) is 2.33. The fourth-order valence-electron chi connectivity index (χ4n) is 1.54. The summed E-state index contributed by atoms with van der Waals surface area (Å²) in [4.78, 5) is 12.0. The van der Waals surface area contributed by atoms with E-state index in [-0.39, 0.29) is 11.9 Å². The molecule has 0 bridgehead atoms. The Bertz CT molecular complexity index is 407. The van der Waals surface area contributed by atoms with Crippen molar-refractivity contribution in [1.29, 1.82) is 0 Å². The maximum Gasteiger partial charge on any atom is 0.252 e. The molecule has 1 aromatic carbocycles. The second-order valence-electron chi connectivity index (χ2n) is 4.08. The van der Waals surface area contributed by atoms with Crippen LogP contribution < -0.4 is 5.32 Å². The number of aliphatic hydroxyl groups excluding tert-OH is 1. The molecule has 0 heterocycles. The van der Waals surface area contributed by atoms with Gasteiger partial charge in [-0.15, -0.1) is 0 Å². The molecule has 0 aromatic heterocycles. The zero-order chi connectivity index (χ0) is 13.0. The molecule has 0 aliphatic rings. The van der Waals surface area contributed by atoms with Gasteiger partial charge in [-0.05, 0) is 54.4 Å².